The fourth-order valence-corrected chi connectivity index (χ4v) is 3.11. The summed E-state index contributed by atoms with van der Waals surface area (Å²) in [4.78, 5) is 24.3. The summed E-state index contributed by atoms with van der Waals surface area (Å²) in [5, 5.41) is 24.0. The number of rotatable bonds is 3. The van der Waals surface area contributed by atoms with Crippen LogP contribution in [-0.4, -0.2) is 40.8 Å². The number of hydrogen-bond acceptors (Lipinski definition) is 4. The van der Waals surface area contributed by atoms with E-state index < -0.39 is 17.4 Å². The van der Waals surface area contributed by atoms with Gasteiger partial charge in [-0.2, -0.15) is 0 Å². The highest BCUT2D eigenvalue weighted by Gasteiger charge is 2.42. The summed E-state index contributed by atoms with van der Waals surface area (Å²) in [5.41, 5.74) is -0.440. The molecule has 0 saturated carbocycles. The number of carbonyl (C=O) groups is 2. The zero-order valence-corrected chi connectivity index (χ0v) is 13.3. The largest absolute Gasteiger partial charge is 0.506 e. The van der Waals surface area contributed by atoms with Crippen LogP contribution in [0.2, 0.25) is 0 Å². The van der Waals surface area contributed by atoms with Crippen molar-refractivity contribution in [1.82, 2.24) is 5.32 Å². The van der Waals surface area contributed by atoms with Gasteiger partial charge in [0.15, 0.2) is 0 Å². The molecule has 24 heavy (non-hydrogen) atoms. The van der Waals surface area contributed by atoms with Crippen LogP contribution in [0.25, 0.3) is 10.8 Å². The number of carbonyl (C=O) groups excluding carboxylic acids is 1. The van der Waals surface area contributed by atoms with Crippen LogP contribution in [0, 0.1) is 6.92 Å². The Balaban J connectivity index is 1.99. The molecular formula is C18H19NO5. The number of ether oxygens (including phenoxy) is 1. The van der Waals surface area contributed by atoms with Crippen molar-refractivity contribution in [2.75, 3.05) is 13.2 Å². The third-order valence-corrected chi connectivity index (χ3v) is 4.58. The van der Waals surface area contributed by atoms with E-state index in [9.17, 15) is 19.8 Å². The summed E-state index contributed by atoms with van der Waals surface area (Å²) in [6.45, 7) is 2.39. The molecule has 1 heterocycles. The van der Waals surface area contributed by atoms with Crippen LogP contribution in [0.15, 0.2) is 30.3 Å². The van der Waals surface area contributed by atoms with Gasteiger partial charge in [-0.3, -0.25) is 4.79 Å². The number of fused-ring (bicyclic) bond motifs is 1. The Hall–Kier alpha value is -2.60. The minimum absolute atomic E-state index is 0.0818. The third kappa shape index (κ3) is 2.69. The maximum atomic E-state index is 12.7. The van der Waals surface area contributed by atoms with Gasteiger partial charge >= 0.3 is 5.97 Å². The van der Waals surface area contributed by atoms with Crippen molar-refractivity contribution in [3.63, 3.8) is 0 Å². The maximum Gasteiger partial charge on any atom is 0.329 e. The first-order chi connectivity index (χ1) is 11.4. The van der Waals surface area contributed by atoms with Crippen molar-refractivity contribution < 1.29 is 24.5 Å². The summed E-state index contributed by atoms with van der Waals surface area (Å²) in [5.74, 6) is -1.82. The summed E-state index contributed by atoms with van der Waals surface area (Å²) in [6.07, 6.45) is 0.392. The van der Waals surface area contributed by atoms with E-state index in [0.29, 0.717) is 5.39 Å². The molecule has 6 heteroatoms. The SMILES string of the molecule is Cc1cc(C(=O)NC2(C(=O)O)CCOCC2)c(O)c2ccccc12. The molecule has 2 aromatic rings. The number of carboxylic acid groups (broad SMARTS) is 1. The van der Waals surface area contributed by atoms with Gasteiger partial charge in [0.05, 0.1) is 5.56 Å². The zero-order valence-electron chi connectivity index (χ0n) is 13.3. The topological polar surface area (TPSA) is 95.9 Å². The van der Waals surface area contributed by atoms with E-state index in [1.54, 1.807) is 18.2 Å². The summed E-state index contributed by atoms with van der Waals surface area (Å²) in [7, 11) is 0. The Morgan fingerprint density at radius 2 is 1.79 bits per heavy atom. The van der Waals surface area contributed by atoms with Crippen LogP contribution >= 0.6 is 0 Å². The summed E-state index contributed by atoms with van der Waals surface area (Å²) >= 11 is 0. The standard InChI is InChI=1S/C18H19NO5/c1-11-10-14(15(20)13-5-3-2-4-12(11)13)16(21)19-18(17(22)23)6-8-24-9-7-18/h2-5,10,20H,6-9H2,1H3,(H,19,21)(H,22,23). The average molecular weight is 329 g/mol. The molecular weight excluding hydrogens is 310 g/mol. The first kappa shape index (κ1) is 16.3. The molecule has 0 bridgehead atoms. The van der Waals surface area contributed by atoms with Gasteiger partial charge in [-0.15, -0.1) is 0 Å². The number of carboxylic acids is 1. The highest BCUT2D eigenvalue weighted by Crippen LogP contribution is 2.32. The molecule has 0 spiro atoms. The van der Waals surface area contributed by atoms with Crippen LogP contribution in [-0.2, 0) is 9.53 Å². The lowest BCUT2D eigenvalue weighted by Gasteiger charge is -2.34. The fourth-order valence-electron chi connectivity index (χ4n) is 3.11. The van der Waals surface area contributed by atoms with Crippen molar-refractivity contribution in [3.8, 4) is 5.75 Å². The van der Waals surface area contributed by atoms with Gasteiger partial charge in [-0.1, -0.05) is 24.3 Å². The Morgan fingerprint density at radius 1 is 1.17 bits per heavy atom. The second-order valence-corrected chi connectivity index (χ2v) is 6.09. The quantitative estimate of drug-likeness (QED) is 0.802. The number of benzene rings is 2. The van der Waals surface area contributed by atoms with Crippen molar-refractivity contribution in [2.24, 2.45) is 0 Å². The van der Waals surface area contributed by atoms with Gasteiger partial charge in [-0.25, -0.2) is 4.79 Å². The molecule has 0 aliphatic carbocycles. The molecule has 126 valence electrons. The molecule has 1 aliphatic rings. The number of aromatic hydroxyl groups is 1. The number of hydrogen-bond donors (Lipinski definition) is 3. The molecule has 0 aromatic heterocycles. The molecule has 3 rings (SSSR count). The molecule has 3 N–H and O–H groups in total. The van der Waals surface area contributed by atoms with Crippen LogP contribution in [0.4, 0.5) is 0 Å². The van der Waals surface area contributed by atoms with Gasteiger partial charge in [-0.05, 0) is 23.9 Å². The molecule has 1 aliphatic heterocycles. The number of phenolic OH excluding ortho intramolecular Hbond substituents is 1. The second kappa shape index (κ2) is 6.13. The molecule has 1 saturated heterocycles. The normalized spacial score (nSPS) is 16.7. The first-order valence-corrected chi connectivity index (χ1v) is 7.79. The molecule has 1 fully saturated rings. The molecule has 2 aromatic carbocycles. The Kier molecular flexibility index (Phi) is 4.15. The summed E-state index contributed by atoms with van der Waals surface area (Å²) in [6, 6.07) is 8.82. The van der Waals surface area contributed by atoms with Crippen LogP contribution in [0.5, 0.6) is 5.75 Å². The second-order valence-electron chi connectivity index (χ2n) is 6.09. The minimum Gasteiger partial charge on any atom is -0.506 e. The van der Waals surface area contributed by atoms with Crippen molar-refractivity contribution in [3.05, 3.63) is 41.5 Å². The van der Waals surface area contributed by atoms with E-state index in [0.717, 1.165) is 10.9 Å². The van der Waals surface area contributed by atoms with E-state index >= 15 is 0 Å². The van der Waals surface area contributed by atoms with E-state index in [1.807, 2.05) is 19.1 Å². The zero-order chi connectivity index (χ0) is 17.3. The van der Waals surface area contributed by atoms with Gasteiger partial charge in [0.1, 0.15) is 11.3 Å². The molecule has 0 radical (unpaired) electrons. The number of amides is 1. The van der Waals surface area contributed by atoms with Gasteiger partial charge in [0.2, 0.25) is 0 Å². The monoisotopic (exact) mass is 329 g/mol. The maximum absolute atomic E-state index is 12.7. The van der Waals surface area contributed by atoms with Crippen molar-refractivity contribution in [2.45, 2.75) is 25.3 Å². The lowest BCUT2D eigenvalue weighted by Crippen LogP contribution is -2.57. The Bertz CT molecular complexity index is 808. The van der Waals surface area contributed by atoms with Crippen molar-refractivity contribution in [1.29, 1.82) is 0 Å². The highest BCUT2D eigenvalue weighted by molar-refractivity contribution is 6.06. The van der Waals surface area contributed by atoms with Gasteiger partial charge < -0.3 is 20.3 Å². The van der Waals surface area contributed by atoms with E-state index in [4.69, 9.17) is 4.74 Å². The smallest absolute Gasteiger partial charge is 0.329 e. The number of aliphatic carboxylic acids is 1. The van der Waals surface area contributed by atoms with E-state index in [2.05, 4.69) is 5.32 Å². The first-order valence-electron chi connectivity index (χ1n) is 7.79. The van der Waals surface area contributed by atoms with Crippen LogP contribution < -0.4 is 5.32 Å². The Morgan fingerprint density at radius 3 is 2.42 bits per heavy atom. The summed E-state index contributed by atoms with van der Waals surface area (Å²) < 4.78 is 5.20. The molecule has 0 unspecified atom stereocenters. The van der Waals surface area contributed by atoms with Gasteiger partial charge in [0, 0.05) is 31.4 Å². The lowest BCUT2D eigenvalue weighted by atomic mass is 9.89. The van der Waals surface area contributed by atoms with E-state index in [-0.39, 0.29) is 37.4 Å². The third-order valence-electron chi connectivity index (χ3n) is 4.58. The van der Waals surface area contributed by atoms with E-state index in [1.165, 1.54) is 0 Å². The van der Waals surface area contributed by atoms with Crippen molar-refractivity contribution >= 4 is 22.6 Å². The predicted molar refractivity (Wildman–Crippen MR) is 88.2 cm³/mol. The average Bonchev–Trinajstić information content (AvgIpc) is 2.58. The molecule has 1 amide bonds. The minimum atomic E-state index is -1.36. The molecule has 0 atom stereocenters. The highest BCUT2D eigenvalue weighted by atomic mass is 16.5. The predicted octanol–water partition coefficient (Wildman–Crippen LogP) is 2.22. The lowest BCUT2D eigenvalue weighted by molar-refractivity contribution is -0.148. The van der Waals surface area contributed by atoms with Gasteiger partial charge in [0.25, 0.3) is 5.91 Å². The Labute approximate surface area is 139 Å². The number of aryl methyl sites for hydroxylation is 1. The van der Waals surface area contributed by atoms with Crippen LogP contribution in [0.3, 0.4) is 0 Å². The number of phenols is 1. The fraction of sp³-hybridized carbons (Fsp3) is 0.333. The molecule has 6 nitrogen and oxygen atoms in total. The van der Waals surface area contributed by atoms with Crippen LogP contribution in [0.1, 0.15) is 28.8 Å². The number of nitrogens with one attached hydrogen (secondary N) is 1.